The van der Waals surface area contributed by atoms with Gasteiger partial charge in [-0.2, -0.15) is 0 Å². The minimum absolute atomic E-state index is 0.276. The highest BCUT2D eigenvalue weighted by molar-refractivity contribution is 5.96. The van der Waals surface area contributed by atoms with E-state index in [1.54, 1.807) is 6.92 Å². The molecule has 1 aliphatic heterocycles. The van der Waals surface area contributed by atoms with Gasteiger partial charge in [0.05, 0.1) is 6.61 Å². The number of ether oxygens (including phenoxy) is 2. The van der Waals surface area contributed by atoms with Crippen molar-refractivity contribution >= 4 is 11.9 Å². The Morgan fingerprint density at radius 1 is 1.41 bits per heavy atom. The van der Waals surface area contributed by atoms with Crippen LogP contribution in [0.2, 0.25) is 0 Å². The summed E-state index contributed by atoms with van der Waals surface area (Å²) in [7, 11) is 0. The van der Waals surface area contributed by atoms with E-state index in [-0.39, 0.29) is 12.7 Å². The molecule has 2 atom stereocenters. The molecule has 90 valence electrons. The van der Waals surface area contributed by atoms with Gasteiger partial charge < -0.3 is 9.47 Å². The zero-order valence-corrected chi connectivity index (χ0v) is 9.59. The summed E-state index contributed by atoms with van der Waals surface area (Å²) in [5.74, 6) is -1.76. The lowest BCUT2D eigenvalue weighted by Gasteiger charge is -2.08. The van der Waals surface area contributed by atoms with Gasteiger partial charge in [-0.3, -0.25) is 9.59 Å². The third-order valence-electron chi connectivity index (χ3n) is 2.74. The first kappa shape index (κ1) is 11.6. The molecule has 0 N–H and O–H groups in total. The minimum Gasteiger partial charge on any atom is -0.465 e. The van der Waals surface area contributed by atoms with Crippen LogP contribution in [0, 0.1) is 5.92 Å². The molecule has 0 radical (unpaired) electrons. The van der Waals surface area contributed by atoms with E-state index >= 15 is 0 Å². The van der Waals surface area contributed by atoms with E-state index < -0.39 is 17.9 Å². The monoisotopic (exact) mass is 234 g/mol. The first-order valence-electron chi connectivity index (χ1n) is 5.64. The van der Waals surface area contributed by atoms with Crippen LogP contribution >= 0.6 is 0 Å². The summed E-state index contributed by atoms with van der Waals surface area (Å²) < 4.78 is 10.0. The fourth-order valence-corrected chi connectivity index (χ4v) is 1.89. The molecule has 0 aliphatic carbocycles. The Bertz CT molecular complexity index is 413. The van der Waals surface area contributed by atoms with Gasteiger partial charge in [0.25, 0.3) is 0 Å². The van der Waals surface area contributed by atoms with Crippen molar-refractivity contribution < 1.29 is 19.1 Å². The molecule has 17 heavy (non-hydrogen) atoms. The minimum atomic E-state index is -0.778. The van der Waals surface area contributed by atoms with Crippen LogP contribution in [0.15, 0.2) is 30.3 Å². The highest BCUT2D eigenvalue weighted by Crippen LogP contribution is 2.33. The zero-order chi connectivity index (χ0) is 12.3. The number of carbonyl (C=O) groups is 2. The standard InChI is InChI=1S/C13H14O4/c1-2-16-12(14)10-8-11(17-13(10)15)9-6-4-3-5-7-9/h3-7,10-11H,2,8H2,1H3/t10-,11-/m0/s1. The van der Waals surface area contributed by atoms with E-state index in [4.69, 9.17) is 9.47 Å². The van der Waals surface area contributed by atoms with Gasteiger partial charge in [-0.05, 0) is 12.5 Å². The van der Waals surface area contributed by atoms with Crippen molar-refractivity contribution in [2.75, 3.05) is 6.61 Å². The predicted molar refractivity (Wildman–Crippen MR) is 60.0 cm³/mol. The van der Waals surface area contributed by atoms with Crippen molar-refractivity contribution in [2.24, 2.45) is 5.92 Å². The molecule has 1 aromatic carbocycles. The number of cyclic esters (lactones) is 1. The number of carbonyl (C=O) groups excluding carboxylic acids is 2. The van der Waals surface area contributed by atoms with Gasteiger partial charge in [0.1, 0.15) is 6.10 Å². The van der Waals surface area contributed by atoms with Crippen LogP contribution in [0.1, 0.15) is 25.0 Å². The number of benzene rings is 1. The highest BCUT2D eigenvalue weighted by Gasteiger charge is 2.41. The summed E-state index contributed by atoms with van der Waals surface area (Å²) in [4.78, 5) is 23.1. The third-order valence-corrected chi connectivity index (χ3v) is 2.74. The number of esters is 2. The van der Waals surface area contributed by atoms with Crippen LogP contribution in [0.25, 0.3) is 0 Å². The van der Waals surface area contributed by atoms with Crippen molar-refractivity contribution in [3.05, 3.63) is 35.9 Å². The van der Waals surface area contributed by atoms with Gasteiger partial charge in [0.2, 0.25) is 0 Å². The van der Waals surface area contributed by atoms with Crippen molar-refractivity contribution in [2.45, 2.75) is 19.4 Å². The first-order chi connectivity index (χ1) is 8.22. The second-order valence-corrected chi connectivity index (χ2v) is 3.88. The lowest BCUT2D eigenvalue weighted by Crippen LogP contribution is -2.21. The quantitative estimate of drug-likeness (QED) is 0.591. The van der Waals surface area contributed by atoms with E-state index in [0.717, 1.165) is 5.56 Å². The molecule has 0 unspecified atom stereocenters. The average Bonchev–Trinajstić information content (AvgIpc) is 2.73. The summed E-state index contributed by atoms with van der Waals surface area (Å²) in [5.41, 5.74) is 0.910. The first-order valence-corrected chi connectivity index (χ1v) is 5.64. The summed E-state index contributed by atoms with van der Waals surface area (Å²) in [6.45, 7) is 1.99. The van der Waals surface area contributed by atoms with E-state index in [9.17, 15) is 9.59 Å². The number of hydrogen-bond donors (Lipinski definition) is 0. The Morgan fingerprint density at radius 2 is 2.12 bits per heavy atom. The highest BCUT2D eigenvalue weighted by atomic mass is 16.6. The van der Waals surface area contributed by atoms with Crippen LogP contribution < -0.4 is 0 Å². The topological polar surface area (TPSA) is 52.6 Å². The van der Waals surface area contributed by atoms with Gasteiger partial charge in [-0.1, -0.05) is 30.3 Å². The molecule has 1 aromatic rings. The Morgan fingerprint density at radius 3 is 2.76 bits per heavy atom. The van der Waals surface area contributed by atoms with Gasteiger partial charge in [-0.25, -0.2) is 0 Å². The molecule has 1 saturated heterocycles. The summed E-state index contributed by atoms with van der Waals surface area (Å²) >= 11 is 0. The molecule has 0 bridgehead atoms. The maximum Gasteiger partial charge on any atom is 0.321 e. The average molecular weight is 234 g/mol. The fourth-order valence-electron chi connectivity index (χ4n) is 1.89. The molecular weight excluding hydrogens is 220 g/mol. The maximum absolute atomic E-state index is 11.6. The number of rotatable bonds is 3. The van der Waals surface area contributed by atoms with Gasteiger partial charge in [0, 0.05) is 6.42 Å². The molecule has 0 amide bonds. The molecule has 1 aliphatic rings. The largest absolute Gasteiger partial charge is 0.465 e. The van der Waals surface area contributed by atoms with Crippen LogP contribution in [-0.4, -0.2) is 18.5 Å². The van der Waals surface area contributed by atoms with Crippen LogP contribution in [-0.2, 0) is 19.1 Å². The second-order valence-electron chi connectivity index (χ2n) is 3.88. The molecule has 2 rings (SSSR count). The van der Waals surface area contributed by atoms with Crippen LogP contribution in [0.4, 0.5) is 0 Å². The Kier molecular flexibility index (Phi) is 3.42. The fraction of sp³-hybridized carbons (Fsp3) is 0.385. The Balaban J connectivity index is 2.07. The van der Waals surface area contributed by atoms with Crippen molar-refractivity contribution in [3.63, 3.8) is 0 Å². The van der Waals surface area contributed by atoms with E-state index in [0.29, 0.717) is 6.42 Å². The van der Waals surface area contributed by atoms with Gasteiger partial charge in [-0.15, -0.1) is 0 Å². The zero-order valence-electron chi connectivity index (χ0n) is 9.59. The Labute approximate surface area is 99.5 Å². The maximum atomic E-state index is 11.6. The van der Waals surface area contributed by atoms with E-state index in [1.807, 2.05) is 30.3 Å². The van der Waals surface area contributed by atoms with E-state index in [2.05, 4.69) is 0 Å². The van der Waals surface area contributed by atoms with Crippen LogP contribution in [0.5, 0.6) is 0 Å². The normalized spacial score (nSPS) is 23.2. The van der Waals surface area contributed by atoms with Gasteiger partial charge in [0.15, 0.2) is 5.92 Å². The predicted octanol–water partition coefficient (Wildman–Crippen LogP) is 1.85. The molecule has 1 fully saturated rings. The molecule has 4 nitrogen and oxygen atoms in total. The third kappa shape index (κ3) is 2.46. The summed E-state index contributed by atoms with van der Waals surface area (Å²) in [5, 5.41) is 0. The lowest BCUT2D eigenvalue weighted by atomic mass is 10.0. The molecule has 0 saturated carbocycles. The smallest absolute Gasteiger partial charge is 0.321 e. The molecule has 0 spiro atoms. The molecule has 0 aromatic heterocycles. The summed E-state index contributed by atoms with van der Waals surface area (Å²) in [6.07, 6.45) is 0.0277. The summed E-state index contributed by atoms with van der Waals surface area (Å²) in [6, 6.07) is 9.40. The SMILES string of the molecule is CCOC(=O)[C@@H]1C[C@@H](c2ccccc2)OC1=O. The van der Waals surface area contributed by atoms with Crippen molar-refractivity contribution in [1.29, 1.82) is 0 Å². The molecule has 1 heterocycles. The van der Waals surface area contributed by atoms with Crippen LogP contribution in [0.3, 0.4) is 0 Å². The molecule has 4 heteroatoms. The van der Waals surface area contributed by atoms with Crippen molar-refractivity contribution in [1.82, 2.24) is 0 Å². The second kappa shape index (κ2) is 4.99. The van der Waals surface area contributed by atoms with Crippen molar-refractivity contribution in [3.8, 4) is 0 Å². The number of hydrogen-bond acceptors (Lipinski definition) is 4. The molecular formula is C13H14O4. The lowest BCUT2D eigenvalue weighted by molar-refractivity contribution is -0.156. The van der Waals surface area contributed by atoms with Gasteiger partial charge >= 0.3 is 11.9 Å². The van der Waals surface area contributed by atoms with E-state index in [1.165, 1.54) is 0 Å². The Hall–Kier alpha value is -1.84.